The number of nitrogens with zero attached hydrogens (tertiary/aromatic N) is 1. The minimum absolute atomic E-state index is 0.0889. The Kier molecular flexibility index (Phi) is 7.04. The number of amides is 2. The summed E-state index contributed by atoms with van der Waals surface area (Å²) in [6.45, 7) is 7.81. The molecule has 2 aromatic carbocycles. The van der Waals surface area contributed by atoms with Crippen LogP contribution in [0.4, 0.5) is 11.4 Å². The highest BCUT2D eigenvalue weighted by Crippen LogP contribution is 2.30. The molecule has 0 saturated carbocycles. The van der Waals surface area contributed by atoms with Crippen molar-refractivity contribution in [3.05, 3.63) is 47.0 Å². The molecule has 0 aliphatic rings. The lowest BCUT2D eigenvalue weighted by molar-refractivity contribution is -0.117. The van der Waals surface area contributed by atoms with E-state index in [2.05, 4.69) is 5.32 Å². The summed E-state index contributed by atoms with van der Waals surface area (Å²) in [5.74, 6) is 0.861. The van der Waals surface area contributed by atoms with Gasteiger partial charge in [-0.25, -0.2) is 0 Å². The predicted molar refractivity (Wildman–Crippen MR) is 111 cm³/mol. The Morgan fingerprint density at radius 3 is 2.11 bits per heavy atom. The largest absolute Gasteiger partial charge is 0.493 e. The second-order valence-electron chi connectivity index (χ2n) is 6.79. The van der Waals surface area contributed by atoms with Crippen molar-refractivity contribution in [1.82, 2.24) is 0 Å². The van der Waals surface area contributed by atoms with Gasteiger partial charge in [0.25, 0.3) is 0 Å². The first kappa shape index (κ1) is 21.3. The second-order valence-corrected chi connectivity index (χ2v) is 6.79. The average molecular weight is 384 g/mol. The third-order valence-corrected chi connectivity index (χ3v) is 4.52. The lowest BCUT2D eigenvalue weighted by atomic mass is 10.0. The Balaban J connectivity index is 2.10. The van der Waals surface area contributed by atoms with E-state index in [0.29, 0.717) is 23.7 Å². The van der Waals surface area contributed by atoms with Crippen molar-refractivity contribution in [3.63, 3.8) is 0 Å². The number of aryl methyl sites for hydroxylation is 3. The minimum atomic E-state index is -0.180. The summed E-state index contributed by atoms with van der Waals surface area (Å²) in [4.78, 5) is 26.3. The minimum Gasteiger partial charge on any atom is -0.493 e. The predicted octanol–water partition coefficient (Wildman–Crippen LogP) is 4.01. The van der Waals surface area contributed by atoms with Gasteiger partial charge in [-0.1, -0.05) is 17.7 Å². The van der Waals surface area contributed by atoms with Gasteiger partial charge in [0.15, 0.2) is 11.5 Å². The van der Waals surface area contributed by atoms with E-state index >= 15 is 0 Å². The van der Waals surface area contributed by atoms with Gasteiger partial charge in [0, 0.05) is 37.3 Å². The van der Waals surface area contributed by atoms with Gasteiger partial charge in [-0.2, -0.15) is 0 Å². The normalized spacial score (nSPS) is 10.4. The standard InChI is InChI=1S/C22H28N2O4/c1-14-11-15(2)22(16(3)12-14)24(17(4)25)10-9-21(26)23-18-7-8-19(27-5)20(13-18)28-6/h7-8,11-13H,9-10H2,1-6H3,(H,23,26). The van der Waals surface area contributed by atoms with Crippen LogP contribution in [0.1, 0.15) is 30.0 Å². The van der Waals surface area contributed by atoms with E-state index in [0.717, 1.165) is 22.4 Å². The first-order chi connectivity index (χ1) is 13.3. The van der Waals surface area contributed by atoms with E-state index in [1.165, 1.54) is 6.92 Å². The summed E-state index contributed by atoms with van der Waals surface area (Å²) < 4.78 is 10.5. The van der Waals surface area contributed by atoms with Crippen LogP contribution in [0.3, 0.4) is 0 Å². The van der Waals surface area contributed by atoms with Crippen LogP contribution in [-0.2, 0) is 9.59 Å². The molecule has 0 bridgehead atoms. The summed E-state index contributed by atoms with van der Waals surface area (Å²) in [6.07, 6.45) is 0.181. The van der Waals surface area contributed by atoms with Gasteiger partial charge in [0.1, 0.15) is 0 Å². The van der Waals surface area contributed by atoms with Crippen molar-refractivity contribution in [1.29, 1.82) is 0 Å². The number of anilines is 2. The highest BCUT2D eigenvalue weighted by molar-refractivity contribution is 5.96. The van der Waals surface area contributed by atoms with Crippen molar-refractivity contribution in [3.8, 4) is 11.5 Å². The van der Waals surface area contributed by atoms with Gasteiger partial charge < -0.3 is 19.7 Å². The van der Waals surface area contributed by atoms with Gasteiger partial charge in [-0.3, -0.25) is 9.59 Å². The number of rotatable bonds is 7. The summed E-state index contributed by atoms with van der Waals surface area (Å²) in [5.41, 5.74) is 4.67. The number of carbonyl (C=O) groups is 2. The lowest BCUT2D eigenvalue weighted by Gasteiger charge is -2.25. The van der Waals surface area contributed by atoms with Crippen LogP contribution in [-0.4, -0.2) is 32.6 Å². The third kappa shape index (κ3) is 5.03. The molecule has 150 valence electrons. The fraction of sp³-hybridized carbons (Fsp3) is 0.364. The average Bonchev–Trinajstić information content (AvgIpc) is 2.63. The first-order valence-electron chi connectivity index (χ1n) is 9.14. The number of nitrogens with one attached hydrogen (secondary N) is 1. The molecule has 6 heteroatoms. The zero-order valence-electron chi connectivity index (χ0n) is 17.4. The first-order valence-corrected chi connectivity index (χ1v) is 9.14. The van der Waals surface area contributed by atoms with Gasteiger partial charge >= 0.3 is 0 Å². The Morgan fingerprint density at radius 1 is 0.964 bits per heavy atom. The number of methoxy groups -OCH3 is 2. The summed E-state index contributed by atoms with van der Waals surface area (Å²) in [7, 11) is 3.10. The Hall–Kier alpha value is -3.02. The molecule has 0 unspecified atom stereocenters. The maximum atomic E-state index is 12.4. The molecule has 0 heterocycles. The van der Waals surface area contributed by atoms with Crippen LogP contribution in [0.2, 0.25) is 0 Å². The van der Waals surface area contributed by atoms with Gasteiger partial charge in [0.2, 0.25) is 11.8 Å². The molecule has 6 nitrogen and oxygen atoms in total. The molecule has 0 aliphatic heterocycles. The highest BCUT2D eigenvalue weighted by atomic mass is 16.5. The van der Waals surface area contributed by atoms with Crippen molar-refractivity contribution in [2.75, 3.05) is 31.0 Å². The van der Waals surface area contributed by atoms with Crippen molar-refractivity contribution in [2.45, 2.75) is 34.1 Å². The smallest absolute Gasteiger partial charge is 0.226 e. The van der Waals surface area contributed by atoms with Crippen LogP contribution >= 0.6 is 0 Å². The molecule has 0 aromatic heterocycles. The fourth-order valence-corrected chi connectivity index (χ4v) is 3.38. The molecular weight excluding hydrogens is 356 g/mol. The van der Waals surface area contributed by atoms with E-state index in [1.807, 2.05) is 32.9 Å². The van der Waals surface area contributed by atoms with Gasteiger partial charge in [-0.15, -0.1) is 0 Å². The highest BCUT2D eigenvalue weighted by Gasteiger charge is 2.18. The quantitative estimate of drug-likeness (QED) is 0.783. The van der Waals surface area contributed by atoms with E-state index in [9.17, 15) is 9.59 Å². The molecule has 0 spiro atoms. The van der Waals surface area contributed by atoms with Crippen LogP contribution in [0.15, 0.2) is 30.3 Å². The molecule has 0 fully saturated rings. The Labute approximate surface area is 166 Å². The van der Waals surface area contributed by atoms with E-state index in [4.69, 9.17) is 9.47 Å². The zero-order valence-corrected chi connectivity index (χ0v) is 17.4. The monoisotopic (exact) mass is 384 g/mol. The van der Waals surface area contributed by atoms with Crippen molar-refractivity contribution in [2.24, 2.45) is 0 Å². The van der Waals surface area contributed by atoms with Crippen LogP contribution in [0.5, 0.6) is 11.5 Å². The van der Waals surface area contributed by atoms with Gasteiger partial charge in [-0.05, 0) is 44.0 Å². The Morgan fingerprint density at radius 2 is 1.57 bits per heavy atom. The van der Waals surface area contributed by atoms with Crippen LogP contribution < -0.4 is 19.7 Å². The molecule has 0 radical (unpaired) electrons. The molecule has 2 rings (SSSR count). The molecule has 28 heavy (non-hydrogen) atoms. The fourth-order valence-electron chi connectivity index (χ4n) is 3.38. The molecule has 0 atom stereocenters. The molecule has 0 saturated heterocycles. The number of benzene rings is 2. The van der Waals surface area contributed by atoms with Crippen LogP contribution in [0.25, 0.3) is 0 Å². The Bertz CT molecular complexity index is 854. The molecule has 0 aliphatic carbocycles. The van der Waals surface area contributed by atoms with Crippen molar-refractivity contribution < 1.29 is 19.1 Å². The van der Waals surface area contributed by atoms with Crippen molar-refractivity contribution >= 4 is 23.2 Å². The maximum Gasteiger partial charge on any atom is 0.226 e. The molecule has 2 aromatic rings. The van der Waals surface area contributed by atoms with Crippen LogP contribution in [0, 0.1) is 20.8 Å². The lowest BCUT2D eigenvalue weighted by Crippen LogP contribution is -2.33. The zero-order chi connectivity index (χ0) is 20.8. The topological polar surface area (TPSA) is 67.9 Å². The number of hydrogen-bond acceptors (Lipinski definition) is 4. The number of carbonyl (C=O) groups excluding carboxylic acids is 2. The molecule has 2 amide bonds. The maximum absolute atomic E-state index is 12.4. The number of ether oxygens (including phenoxy) is 2. The molecule has 1 N–H and O–H groups in total. The SMILES string of the molecule is COc1ccc(NC(=O)CCN(C(C)=O)c2c(C)cc(C)cc2C)cc1OC. The van der Waals surface area contributed by atoms with E-state index < -0.39 is 0 Å². The van der Waals surface area contributed by atoms with E-state index in [-0.39, 0.29) is 18.2 Å². The summed E-state index contributed by atoms with van der Waals surface area (Å²) in [5, 5.41) is 2.84. The third-order valence-electron chi connectivity index (χ3n) is 4.52. The van der Waals surface area contributed by atoms with Gasteiger partial charge in [0.05, 0.1) is 14.2 Å². The number of hydrogen-bond donors (Lipinski definition) is 1. The summed E-state index contributed by atoms with van der Waals surface area (Å²) >= 11 is 0. The summed E-state index contributed by atoms with van der Waals surface area (Å²) in [6, 6.07) is 9.27. The second kappa shape index (κ2) is 9.26. The van der Waals surface area contributed by atoms with E-state index in [1.54, 1.807) is 37.3 Å². The molecular formula is C22H28N2O4.